The SMILES string of the molecule is CC1N=C(C(=O)N(CCN(C)C)CC(=O)OC(C)(C)C)NN(c2ccccc2)C1=O. The molecule has 1 aromatic carbocycles. The summed E-state index contributed by atoms with van der Waals surface area (Å²) in [4.78, 5) is 45.6. The van der Waals surface area contributed by atoms with Crippen molar-refractivity contribution in [3.63, 3.8) is 0 Å². The molecule has 1 unspecified atom stereocenters. The number of hydrogen-bond acceptors (Lipinski definition) is 7. The van der Waals surface area contributed by atoms with Gasteiger partial charge in [0.25, 0.3) is 11.8 Å². The maximum absolute atomic E-state index is 13.2. The first-order valence-corrected chi connectivity index (χ1v) is 9.87. The number of benzene rings is 1. The highest BCUT2D eigenvalue weighted by atomic mass is 16.6. The Morgan fingerprint density at radius 2 is 1.80 bits per heavy atom. The number of carbonyl (C=O) groups excluding carboxylic acids is 3. The van der Waals surface area contributed by atoms with Crippen molar-refractivity contribution in [2.45, 2.75) is 39.3 Å². The Kier molecular flexibility index (Phi) is 7.55. The van der Waals surface area contributed by atoms with Gasteiger partial charge in [-0.3, -0.25) is 19.8 Å². The molecule has 1 aromatic rings. The Morgan fingerprint density at radius 3 is 2.37 bits per heavy atom. The number of ether oxygens (including phenoxy) is 1. The van der Waals surface area contributed by atoms with Crippen molar-refractivity contribution < 1.29 is 19.1 Å². The number of hydrazine groups is 1. The lowest BCUT2D eigenvalue weighted by Gasteiger charge is -2.33. The first-order valence-electron chi connectivity index (χ1n) is 9.87. The molecule has 0 spiro atoms. The lowest BCUT2D eigenvalue weighted by molar-refractivity contribution is -0.158. The van der Waals surface area contributed by atoms with Crippen LogP contribution in [0.3, 0.4) is 0 Å². The quantitative estimate of drug-likeness (QED) is 0.667. The van der Waals surface area contributed by atoms with Crippen molar-refractivity contribution in [1.29, 1.82) is 0 Å². The molecule has 0 bridgehead atoms. The Balaban J connectivity index is 2.23. The summed E-state index contributed by atoms with van der Waals surface area (Å²) in [6.45, 7) is 7.60. The van der Waals surface area contributed by atoms with Crippen LogP contribution in [0.15, 0.2) is 35.3 Å². The molecule has 2 amide bonds. The number of nitrogens with one attached hydrogen (secondary N) is 1. The van der Waals surface area contributed by atoms with Crippen LogP contribution in [0, 0.1) is 0 Å². The second-order valence-electron chi connectivity index (χ2n) is 8.39. The van der Waals surface area contributed by atoms with Crippen LogP contribution >= 0.6 is 0 Å². The zero-order valence-corrected chi connectivity index (χ0v) is 18.5. The van der Waals surface area contributed by atoms with Crippen LogP contribution in [0.25, 0.3) is 0 Å². The van der Waals surface area contributed by atoms with Gasteiger partial charge in [0.2, 0.25) is 5.84 Å². The molecule has 1 aliphatic rings. The van der Waals surface area contributed by atoms with E-state index >= 15 is 0 Å². The average molecular weight is 418 g/mol. The molecule has 0 saturated heterocycles. The summed E-state index contributed by atoms with van der Waals surface area (Å²) in [5.41, 5.74) is 2.76. The number of likely N-dealkylation sites (N-methyl/N-ethyl adjacent to an activating group) is 1. The topological polar surface area (TPSA) is 94.6 Å². The Labute approximate surface area is 177 Å². The highest BCUT2D eigenvalue weighted by Gasteiger charge is 2.33. The van der Waals surface area contributed by atoms with Gasteiger partial charge in [0.15, 0.2) is 0 Å². The predicted molar refractivity (Wildman–Crippen MR) is 115 cm³/mol. The van der Waals surface area contributed by atoms with Crippen molar-refractivity contribution in [3.05, 3.63) is 30.3 Å². The molecule has 1 aliphatic heterocycles. The number of hydrogen-bond donors (Lipinski definition) is 1. The van der Waals surface area contributed by atoms with Gasteiger partial charge in [0, 0.05) is 13.1 Å². The van der Waals surface area contributed by atoms with Gasteiger partial charge in [-0.2, -0.15) is 0 Å². The summed E-state index contributed by atoms with van der Waals surface area (Å²) in [6, 6.07) is 8.22. The monoisotopic (exact) mass is 417 g/mol. The molecular weight excluding hydrogens is 386 g/mol. The van der Waals surface area contributed by atoms with E-state index in [1.807, 2.05) is 25.1 Å². The number of amidine groups is 1. The zero-order chi connectivity index (χ0) is 22.5. The molecule has 0 fully saturated rings. The Morgan fingerprint density at radius 1 is 1.17 bits per heavy atom. The fraction of sp³-hybridized carbons (Fsp3) is 0.524. The summed E-state index contributed by atoms with van der Waals surface area (Å²) < 4.78 is 5.37. The highest BCUT2D eigenvalue weighted by molar-refractivity contribution is 6.39. The third kappa shape index (κ3) is 6.55. The molecule has 164 valence electrons. The number of anilines is 1. The second-order valence-corrected chi connectivity index (χ2v) is 8.39. The normalized spacial score (nSPS) is 16.8. The largest absolute Gasteiger partial charge is 0.459 e. The molecule has 2 rings (SSSR count). The second kappa shape index (κ2) is 9.71. The minimum Gasteiger partial charge on any atom is -0.459 e. The van der Waals surface area contributed by atoms with Crippen LogP contribution in [0.2, 0.25) is 0 Å². The van der Waals surface area contributed by atoms with Crippen molar-refractivity contribution in [2.75, 3.05) is 38.7 Å². The first-order chi connectivity index (χ1) is 14.0. The molecule has 1 N–H and O–H groups in total. The van der Waals surface area contributed by atoms with E-state index in [1.165, 1.54) is 9.91 Å². The standard InChI is InChI=1S/C21H31N5O4/c1-15-19(28)26(16-10-8-7-9-11-16)23-18(22-15)20(29)25(13-12-24(5)6)14-17(27)30-21(2,3)4/h7-11,15H,12-14H2,1-6H3,(H,22,23). The van der Waals surface area contributed by atoms with Gasteiger partial charge >= 0.3 is 5.97 Å². The lowest BCUT2D eigenvalue weighted by atomic mass is 10.2. The predicted octanol–water partition coefficient (Wildman–Crippen LogP) is 1.06. The van der Waals surface area contributed by atoms with Crippen LogP contribution in [0.1, 0.15) is 27.7 Å². The van der Waals surface area contributed by atoms with Crippen molar-refractivity contribution in [2.24, 2.45) is 4.99 Å². The molecule has 0 aromatic heterocycles. The van der Waals surface area contributed by atoms with E-state index in [0.717, 1.165) is 0 Å². The third-order valence-corrected chi connectivity index (χ3v) is 4.18. The van der Waals surface area contributed by atoms with E-state index in [9.17, 15) is 14.4 Å². The minimum absolute atomic E-state index is 0.00766. The number of carbonyl (C=O) groups is 3. The molecule has 0 saturated carbocycles. The van der Waals surface area contributed by atoms with Crippen molar-refractivity contribution >= 4 is 29.3 Å². The Hall–Kier alpha value is -2.94. The van der Waals surface area contributed by atoms with Crippen molar-refractivity contribution in [1.82, 2.24) is 15.2 Å². The van der Waals surface area contributed by atoms with Gasteiger partial charge in [0.05, 0.1) is 5.69 Å². The fourth-order valence-corrected chi connectivity index (χ4v) is 2.75. The summed E-state index contributed by atoms with van der Waals surface area (Å²) >= 11 is 0. The summed E-state index contributed by atoms with van der Waals surface area (Å²) in [5.74, 6) is -1.24. The van der Waals surface area contributed by atoms with E-state index in [1.54, 1.807) is 52.0 Å². The zero-order valence-electron chi connectivity index (χ0n) is 18.5. The van der Waals surface area contributed by atoms with E-state index in [4.69, 9.17) is 4.74 Å². The van der Waals surface area contributed by atoms with Crippen LogP contribution < -0.4 is 10.4 Å². The molecule has 0 radical (unpaired) electrons. The first kappa shape index (κ1) is 23.3. The molecular formula is C21H31N5O4. The summed E-state index contributed by atoms with van der Waals surface area (Å²) in [5, 5.41) is 1.31. The highest BCUT2D eigenvalue weighted by Crippen LogP contribution is 2.16. The summed E-state index contributed by atoms with van der Waals surface area (Å²) in [6.07, 6.45) is 0. The minimum atomic E-state index is -0.734. The van der Waals surface area contributed by atoms with Crippen LogP contribution in [-0.2, 0) is 19.1 Å². The Bertz CT molecular complexity index is 801. The summed E-state index contributed by atoms with van der Waals surface area (Å²) in [7, 11) is 3.76. The van der Waals surface area contributed by atoms with Gasteiger partial charge in [0.1, 0.15) is 18.2 Å². The van der Waals surface area contributed by atoms with E-state index < -0.39 is 23.5 Å². The number of amides is 2. The molecule has 9 nitrogen and oxygen atoms in total. The molecule has 1 heterocycles. The van der Waals surface area contributed by atoms with Gasteiger partial charge < -0.3 is 14.5 Å². The number of para-hydroxylation sites is 1. The molecule has 30 heavy (non-hydrogen) atoms. The van der Waals surface area contributed by atoms with Gasteiger partial charge in [-0.25, -0.2) is 10.0 Å². The van der Waals surface area contributed by atoms with Gasteiger partial charge in [-0.05, 0) is 53.9 Å². The average Bonchev–Trinajstić information content (AvgIpc) is 2.65. The van der Waals surface area contributed by atoms with E-state index in [0.29, 0.717) is 18.8 Å². The third-order valence-electron chi connectivity index (χ3n) is 4.18. The van der Waals surface area contributed by atoms with E-state index in [-0.39, 0.29) is 18.3 Å². The van der Waals surface area contributed by atoms with Gasteiger partial charge in [-0.1, -0.05) is 18.2 Å². The van der Waals surface area contributed by atoms with Crippen LogP contribution in [0.5, 0.6) is 0 Å². The number of esters is 1. The van der Waals surface area contributed by atoms with Crippen LogP contribution in [0.4, 0.5) is 5.69 Å². The number of nitrogens with zero attached hydrogens (tertiary/aromatic N) is 4. The lowest BCUT2D eigenvalue weighted by Crippen LogP contribution is -2.59. The fourth-order valence-electron chi connectivity index (χ4n) is 2.75. The van der Waals surface area contributed by atoms with Gasteiger partial charge in [-0.15, -0.1) is 0 Å². The maximum Gasteiger partial charge on any atom is 0.326 e. The smallest absolute Gasteiger partial charge is 0.326 e. The van der Waals surface area contributed by atoms with Crippen molar-refractivity contribution in [3.8, 4) is 0 Å². The van der Waals surface area contributed by atoms with Crippen LogP contribution in [-0.4, -0.2) is 78.8 Å². The number of rotatable bonds is 7. The molecule has 9 heteroatoms. The number of aliphatic imine (C=N–C) groups is 1. The maximum atomic E-state index is 13.2. The van der Waals surface area contributed by atoms with E-state index in [2.05, 4.69) is 10.4 Å². The molecule has 0 aliphatic carbocycles. The molecule has 1 atom stereocenters.